The van der Waals surface area contributed by atoms with Crippen molar-refractivity contribution in [2.45, 2.75) is 38.6 Å². The maximum Gasteiger partial charge on any atom is 0.204 e. The van der Waals surface area contributed by atoms with Crippen molar-refractivity contribution < 1.29 is 0 Å². The van der Waals surface area contributed by atoms with Gasteiger partial charge in [0.25, 0.3) is 0 Å². The first-order chi connectivity index (χ1) is 6.36. The van der Waals surface area contributed by atoms with Crippen LogP contribution in [0.5, 0.6) is 0 Å². The van der Waals surface area contributed by atoms with E-state index in [-0.39, 0.29) is 0 Å². The molecule has 0 aliphatic heterocycles. The maximum absolute atomic E-state index is 8.44. The van der Waals surface area contributed by atoms with Crippen molar-refractivity contribution in [2.24, 2.45) is 4.99 Å². The normalized spacial score (nSPS) is 16.5. The Balaban J connectivity index is 2.26. The quantitative estimate of drug-likeness (QED) is 0.223. The Kier molecular flexibility index (Phi) is 4.10. The molecule has 13 heavy (non-hydrogen) atoms. The van der Waals surface area contributed by atoms with E-state index in [0.29, 0.717) is 12.0 Å². The van der Waals surface area contributed by atoms with Gasteiger partial charge in [-0.1, -0.05) is 13.3 Å². The molecule has 0 bridgehead atoms. The zero-order chi connectivity index (χ0) is 9.52. The number of hydrogen-bond acceptors (Lipinski definition) is 2. The van der Waals surface area contributed by atoms with Gasteiger partial charge in [-0.3, -0.25) is 10.3 Å². The van der Waals surface area contributed by atoms with Gasteiger partial charge in [0.15, 0.2) is 6.19 Å². The number of rotatable bonds is 4. The Morgan fingerprint density at radius 1 is 1.62 bits per heavy atom. The van der Waals surface area contributed by atoms with E-state index in [1.165, 1.54) is 12.8 Å². The van der Waals surface area contributed by atoms with E-state index < -0.39 is 0 Å². The molecule has 1 rings (SSSR count). The van der Waals surface area contributed by atoms with Crippen LogP contribution in [0.1, 0.15) is 32.6 Å². The van der Waals surface area contributed by atoms with Crippen molar-refractivity contribution in [1.29, 1.82) is 5.26 Å². The zero-order valence-electron chi connectivity index (χ0n) is 8.01. The molecule has 0 spiro atoms. The van der Waals surface area contributed by atoms with Gasteiger partial charge in [0, 0.05) is 12.6 Å². The van der Waals surface area contributed by atoms with Crippen molar-refractivity contribution in [3.05, 3.63) is 0 Å². The summed E-state index contributed by atoms with van der Waals surface area (Å²) in [6.07, 6.45) is 6.48. The van der Waals surface area contributed by atoms with E-state index in [2.05, 4.69) is 22.5 Å². The molecule has 72 valence electrons. The monoisotopic (exact) mass is 180 g/mol. The average Bonchev–Trinajstić information content (AvgIpc) is 2.89. The summed E-state index contributed by atoms with van der Waals surface area (Å²) >= 11 is 0. The summed E-state index contributed by atoms with van der Waals surface area (Å²) in [5.74, 6) is 0.637. The number of nitriles is 1. The Hall–Kier alpha value is -1.24. The summed E-state index contributed by atoms with van der Waals surface area (Å²) in [5, 5.41) is 14.2. The molecule has 4 nitrogen and oxygen atoms in total. The molecule has 0 aromatic heterocycles. The first kappa shape index (κ1) is 9.85. The van der Waals surface area contributed by atoms with E-state index in [1.54, 1.807) is 0 Å². The third-order valence-electron chi connectivity index (χ3n) is 1.87. The minimum absolute atomic E-state index is 0.543. The lowest BCUT2D eigenvalue weighted by atomic mass is 10.3. The molecule has 0 unspecified atom stereocenters. The number of guanidine groups is 1. The molecule has 1 saturated carbocycles. The topological polar surface area (TPSA) is 60.2 Å². The van der Waals surface area contributed by atoms with Gasteiger partial charge in [-0.25, -0.2) is 0 Å². The van der Waals surface area contributed by atoms with Crippen molar-refractivity contribution in [3.8, 4) is 6.19 Å². The third-order valence-corrected chi connectivity index (χ3v) is 1.87. The summed E-state index contributed by atoms with van der Waals surface area (Å²) in [4.78, 5) is 4.26. The Bertz CT molecular complexity index is 212. The van der Waals surface area contributed by atoms with Gasteiger partial charge in [0.05, 0.1) is 0 Å². The van der Waals surface area contributed by atoms with Crippen LogP contribution in [0.4, 0.5) is 0 Å². The summed E-state index contributed by atoms with van der Waals surface area (Å²) < 4.78 is 0. The molecule has 4 heteroatoms. The Morgan fingerprint density at radius 2 is 2.38 bits per heavy atom. The van der Waals surface area contributed by atoms with Gasteiger partial charge in [0.1, 0.15) is 0 Å². The number of nitrogens with one attached hydrogen (secondary N) is 2. The lowest BCUT2D eigenvalue weighted by Crippen LogP contribution is -2.36. The summed E-state index contributed by atoms with van der Waals surface area (Å²) in [6, 6.07) is 0.543. The number of nitrogens with zero attached hydrogens (tertiary/aromatic N) is 2. The first-order valence-corrected chi connectivity index (χ1v) is 4.83. The van der Waals surface area contributed by atoms with Crippen molar-refractivity contribution in [3.63, 3.8) is 0 Å². The lowest BCUT2D eigenvalue weighted by Gasteiger charge is -2.05. The molecule has 1 fully saturated rings. The predicted molar refractivity (Wildman–Crippen MR) is 52.1 cm³/mol. The number of unbranched alkanes of at least 4 members (excludes halogenated alkanes) is 1. The van der Waals surface area contributed by atoms with Gasteiger partial charge in [-0.05, 0) is 19.3 Å². The fourth-order valence-corrected chi connectivity index (χ4v) is 0.944. The fourth-order valence-electron chi connectivity index (χ4n) is 0.944. The maximum atomic E-state index is 8.44. The highest BCUT2D eigenvalue weighted by Gasteiger charge is 2.22. The van der Waals surface area contributed by atoms with Crippen LogP contribution in [0.3, 0.4) is 0 Å². The molecule has 0 aromatic rings. The molecule has 0 radical (unpaired) electrons. The second-order valence-corrected chi connectivity index (χ2v) is 3.24. The molecule has 0 atom stereocenters. The van der Waals surface area contributed by atoms with Crippen LogP contribution in [0.15, 0.2) is 4.99 Å². The zero-order valence-corrected chi connectivity index (χ0v) is 8.01. The Labute approximate surface area is 79.0 Å². The standard InChI is InChI=1S/C9H16N4/c1-2-3-6-11-9(12-7-10)13-8-4-5-8/h8H,2-6H2,1H3,(H2,11,12,13). The van der Waals surface area contributed by atoms with E-state index in [0.717, 1.165) is 19.4 Å². The van der Waals surface area contributed by atoms with Crippen molar-refractivity contribution in [1.82, 2.24) is 10.6 Å². The average molecular weight is 180 g/mol. The first-order valence-electron chi connectivity index (χ1n) is 4.83. The molecule has 0 heterocycles. The summed E-state index contributed by atoms with van der Waals surface area (Å²) in [6.45, 7) is 2.92. The van der Waals surface area contributed by atoms with E-state index >= 15 is 0 Å². The molecule has 0 amide bonds. The lowest BCUT2D eigenvalue weighted by molar-refractivity contribution is 0.787. The molecule has 1 aliphatic rings. The van der Waals surface area contributed by atoms with Crippen LogP contribution in [-0.2, 0) is 0 Å². The van der Waals surface area contributed by atoms with Gasteiger partial charge in [0.2, 0.25) is 5.96 Å². The SMILES string of the molecule is CCCCN=C(NC#N)NC1CC1. The molecular formula is C9H16N4. The predicted octanol–water partition coefficient (Wildman–Crippen LogP) is 0.965. The Morgan fingerprint density at radius 3 is 2.92 bits per heavy atom. The van der Waals surface area contributed by atoms with Gasteiger partial charge in [-0.15, -0.1) is 0 Å². The van der Waals surface area contributed by atoms with Gasteiger partial charge >= 0.3 is 0 Å². The molecule has 0 saturated heterocycles. The van der Waals surface area contributed by atoms with E-state index in [4.69, 9.17) is 5.26 Å². The van der Waals surface area contributed by atoms with Gasteiger partial charge in [-0.2, -0.15) is 5.26 Å². The van der Waals surface area contributed by atoms with Crippen LogP contribution in [0.25, 0.3) is 0 Å². The number of aliphatic imine (C=N–C) groups is 1. The minimum Gasteiger partial charge on any atom is -0.353 e. The highest BCUT2D eigenvalue weighted by atomic mass is 15.2. The second-order valence-electron chi connectivity index (χ2n) is 3.24. The van der Waals surface area contributed by atoms with Crippen molar-refractivity contribution in [2.75, 3.05) is 6.54 Å². The second kappa shape index (κ2) is 5.41. The van der Waals surface area contributed by atoms with E-state index in [1.807, 2.05) is 6.19 Å². The summed E-state index contributed by atoms with van der Waals surface area (Å²) in [7, 11) is 0. The van der Waals surface area contributed by atoms with Crippen LogP contribution >= 0.6 is 0 Å². The molecule has 1 aliphatic carbocycles. The highest BCUT2D eigenvalue weighted by Crippen LogP contribution is 2.18. The van der Waals surface area contributed by atoms with E-state index in [9.17, 15) is 0 Å². The fraction of sp³-hybridized carbons (Fsp3) is 0.778. The van der Waals surface area contributed by atoms with Crippen LogP contribution in [0, 0.1) is 11.5 Å². The molecule has 2 N–H and O–H groups in total. The number of hydrogen-bond donors (Lipinski definition) is 2. The highest BCUT2D eigenvalue weighted by molar-refractivity contribution is 5.81. The van der Waals surface area contributed by atoms with Crippen LogP contribution < -0.4 is 10.6 Å². The largest absolute Gasteiger partial charge is 0.353 e. The molecular weight excluding hydrogens is 164 g/mol. The van der Waals surface area contributed by atoms with Crippen molar-refractivity contribution >= 4 is 5.96 Å². The smallest absolute Gasteiger partial charge is 0.204 e. The van der Waals surface area contributed by atoms with Crippen LogP contribution in [0.2, 0.25) is 0 Å². The summed E-state index contributed by atoms with van der Waals surface area (Å²) in [5.41, 5.74) is 0. The third kappa shape index (κ3) is 4.36. The van der Waals surface area contributed by atoms with Gasteiger partial charge < -0.3 is 5.32 Å². The minimum atomic E-state index is 0.543. The van der Waals surface area contributed by atoms with Crippen LogP contribution in [-0.4, -0.2) is 18.5 Å². The molecule has 0 aromatic carbocycles.